The number of nitrogens with zero attached hydrogens (tertiary/aromatic N) is 1. The second kappa shape index (κ2) is 7.10. The maximum atomic E-state index is 13.5. The lowest BCUT2D eigenvalue weighted by Crippen LogP contribution is -2.32. The van der Waals surface area contributed by atoms with Crippen molar-refractivity contribution < 1.29 is 18.7 Å². The van der Waals surface area contributed by atoms with Gasteiger partial charge in [-0.25, -0.2) is 9.18 Å². The molecule has 1 aromatic heterocycles. The molecule has 0 aromatic carbocycles. The van der Waals surface area contributed by atoms with E-state index in [0.717, 1.165) is 6.20 Å². The van der Waals surface area contributed by atoms with Gasteiger partial charge in [-0.15, -0.1) is 6.58 Å². The van der Waals surface area contributed by atoms with Gasteiger partial charge in [-0.05, 0) is 6.42 Å². The normalized spacial score (nSPS) is 9.58. The molecule has 0 aliphatic heterocycles. The molecule has 1 aromatic rings. The molecule has 0 aliphatic carbocycles. The summed E-state index contributed by atoms with van der Waals surface area (Å²) in [5.74, 6) is -1.04. The van der Waals surface area contributed by atoms with E-state index in [1.165, 1.54) is 19.4 Å². The van der Waals surface area contributed by atoms with Crippen molar-refractivity contribution in [1.82, 2.24) is 10.3 Å². The summed E-state index contributed by atoms with van der Waals surface area (Å²) >= 11 is 0. The average Bonchev–Trinajstić information content (AvgIpc) is 2.40. The number of pyridine rings is 1. The number of amides is 2. The molecular formula is C12H14FN3O3. The lowest BCUT2D eigenvalue weighted by Gasteiger charge is -2.10. The van der Waals surface area contributed by atoms with Gasteiger partial charge in [0.15, 0.2) is 0 Å². The van der Waals surface area contributed by atoms with E-state index in [9.17, 15) is 14.0 Å². The fraction of sp³-hybridized carbons (Fsp3) is 0.250. The number of halogens is 1. The number of ether oxygens (including phenoxy) is 1. The Hall–Kier alpha value is -2.44. The lowest BCUT2D eigenvalue weighted by molar-refractivity contribution is -0.115. The molecule has 0 atom stereocenters. The number of anilines is 1. The molecular weight excluding hydrogens is 253 g/mol. The fourth-order valence-corrected chi connectivity index (χ4v) is 1.34. The smallest absolute Gasteiger partial charge is 0.407 e. The molecule has 2 N–H and O–H groups in total. The molecule has 0 unspecified atom stereocenters. The van der Waals surface area contributed by atoms with Gasteiger partial charge in [0.1, 0.15) is 12.4 Å². The van der Waals surface area contributed by atoms with Gasteiger partial charge in [0.25, 0.3) is 0 Å². The Kier molecular flexibility index (Phi) is 5.46. The van der Waals surface area contributed by atoms with Crippen molar-refractivity contribution in [2.45, 2.75) is 6.42 Å². The van der Waals surface area contributed by atoms with Crippen LogP contribution in [0.25, 0.3) is 0 Å². The van der Waals surface area contributed by atoms with Crippen molar-refractivity contribution in [3.05, 3.63) is 36.4 Å². The number of allylic oxidation sites excluding steroid dienone is 1. The minimum Gasteiger partial charge on any atom is -0.453 e. The van der Waals surface area contributed by atoms with Gasteiger partial charge in [-0.2, -0.15) is 0 Å². The van der Waals surface area contributed by atoms with E-state index in [-0.39, 0.29) is 24.2 Å². The lowest BCUT2D eigenvalue weighted by atomic mass is 10.1. The second-order valence-corrected chi connectivity index (χ2v) is 3.53. The van der Waals surface area contributed by atoms with Crippen LogP contribution in [0.15, 0.2) is 25.0 Å². The topological polar surface area (TPSA) is 80.3 Å². The summed E-state index contributed by atoms with van der Waals surface area (Å²) in [5, 5.41) is 4.67. The third-order valence-corrected chi connectivity index (χ3v) is 2.21. The van der Waals surface area contributed by atoms with E-state index < -0.39 is 17.8 Å². The number of hydrogen-bond donors (Lipinski definition) is 2. The van der Waals surface area contributed by atoms with Crippen LogP contribution in [0.1, 0.15) is 5.56 Å². The number of rotatable bonds is 5. The van der Waals surface area contributed by atoms with Gasteiger partial charge in [0.2, 0.25) is 5.91 Å². The van der Waals surface area contributed by atoms with Gasteiger partial charge in [-0.3, -0.25) is 9.78 Å². The first-order valence-corrected chi connectivity index (χ1v) is 5.43. The molecule has 0 aliphatic rings. The van der Waals surface area contributed by atoms with Crippen LogP contribution in [-0.4, -0.2) is 30.6 Å². The first kappa shape index (κ1) is 14.6. The molecule has 2 amide bonds. The number of carbonyl (C=O) groups excluding carboxylic acids is 2. The Morgan fingerprint density at radius 3 is 2.89 bits per heavy atom. The average molecular weight is 267 g/mol. The number of hydrogen-bond acceptors (Lipinski definition) is 4. The highest BCUT2D eigenvalue weighted by Gasteiger charge is 2.11. The quantitative estimate of drug-likeness (QED) is 0.787. The molecule has 19 heavy (non-hydrogen) atoms. The molecule has 0 fully saturated rings. The molecule has 0 spiro atoms. The van der Waals surface area contributed by atoms with Crippen LogP contribution in [0.4, 0.5) is 14.9 Å². The number of alkyl carbamates (subject to hydrolysis) is 1. The van der Waals surface area contributed by atoms with Crippen LogP contribution in [0, 0.1) is 5.82 Å². The SMILES string of the molecule is C=CCc1c(F)cncc1NC(=O)CNC(=O)OC. The minimum absolute atomic E-state index is 0.247. The van der Waals surface area contributed by atoms with Gasteiger partial charge < -0.3 is 15.4 Å². The van der Waals surface area contributed by atoms with Crippen LogP contribution in [-0.2, 0) is 16.0 Å². The highest BCUT2D eigenvalue weighted by molar-refractivity contribution is 5.94. The molecule has 102 valence electrons. The van der Waals surface area contributed by atoms with Gasteiger partial charge >= 0.3 is 6.09 Å². The molecule has 1 rings (SSSR count). The minimum atomic E-state index is -0.723. The summed E-state index contributed by atoms with van der Waals surface area (Å²) in [5.41, 5.74) is 0.535. The molecule has 0 radical (unpaired) electrons. The highest BCUT2D eigenvalue weighted by Crippen LogP contribution is 2.18. The molecule has 6 nitrogen and oxygen atoms in total. The van der Waals surface area contributed by atoms with Gasteiger partial charge in [0, 0.05) is 5.56 Å². The zero-order valence-corrected chi connectivity index (χ0v) is 10.4. The maximum absolute atomic E-state index is 13.5. The zero-order chi connectivity index (χ0) is 14.3. The zero-order valence-electron chi connectivity index (χ0n) is 10.4. The van der Waals surface area contributed by atoms with E-state index in [4.69, 9.17) is 0 Å². The largest absolute Gasteiger partial charge is 0.453 e. The summed E-state index contributed by atoms with van der Waals surface area (Å²) in [4.78, 5) is 26.0. The van der Waals surface area contributed by atoms with E-state index in [1.54, 1.807) is 0 Å². The first-order valence-electron chi connectivity index (χ1n) is 5.43. The van der Waals surface area contributed by atoms with Crippen molar-refractivity contribution in [2.24, 2.45) is 0 Å². The van der Waals surface area contributed by atoms with E-state index in [2.05, 4.69) is 26.9 Å². The van der Waals surface area contributed by atoms with Crippen LogP contribution < -0.4 is 10.6 Å². The maximum Gasteiger partial charge on any atom is 0.407 e. The number of methoxy groups -OCH3 is 1. The van der Waals surface area contributed by atoms with Crippen LogP contribution in [0.3, 0.4) is 0 Å². The van der Waals surface area contributed by atoms with E-state index >= 15 is 0 Å². The molecule has 0 bridgehead atoms. The van der Waals surface area contributed by atoms with Crippen molar-refractivity contribution in [3.63, 3.8) is 0 Å². The summed E-state index contributed by atoms with van der Waals surface area (Å²) in [6.45, 7) is 3.23. The predicted octanol–water partition coefficient (Wildman–Crippen LogP) is 1.24. The number of carbonyl (C=O) groups is 2. The van der Waals surface area contributed by atoms with Crippen molar-refractivity contribution in [1.29, 1.82) is 0 Å². The molecule has 7 heteroatoms. The summed E-state index contributed by atoms with van der Waals surface area (Å²) in [6.07, 6.45) is 3.44. The summed E-state index contributed by atoms with van der Waals surface area (Å²) in [6, 6.07) is 0. The fourth-order valence-electron chi connectivity index (χ4n) is 1.34. The number of nitrogens with one attached hydrogen (secondary N) is 2. The molecule has 0 saturated carbocycles. The van der Waals surface area contributed by atoms with Crippen molar-refractivity contribution in [2.75, 3.05) is 19.0 Å². The van der Waals surface area contributed by atoms with Crippen LogP contribution in [0.5, 0.6) is 0 Å². The van der Waals surface area contributed by atoms with Crippen molar-refractivity contribution in [3.8, 4) is 0 Å². The third-order valence-electron chi connectivity index (χ3n) is 2.21. The highest BCUT2D eigenvalue weighted by atomic mass is 19.1. The van der Waals surface area contributed by atoms with Crippen LogP contribution >= 0.6 is 0 Å². The summed E-state index contributed by atoms with van der Waals surface area (Å²) < 4.78 is 17.8. The van der Waals surface area contributed by atoms with Crippen molar-refractivity contribution >= 4 is 17.7 Å². The monoisotopic (exact) mass is 267 g/mol. The number of aromatic nitrogens is 1. The third kappa shape index (κ3) is 4.38. The van der Waals surface area contributed by atoms with Gasteiger partial charge in [-0.1, -0.05) is 6.08 Å². The Morgan fingerprint density at radius 2 is 2.26 bits per heavy atom. The van der Waals surface area contributed by atoms with E-state index in [0.29, 0.717) is 0 Å². The predicted molar refractivity (Wildman–Crippen MR) is 67.1 cm³/mol. The Labute approximate surface area is 109 Å². The van der Waals surface area contributed by atoms with E-state index in [1.807, 2.05) is 0 Å². The Morgan fingerprint density at radius 1 is 1.53 bits per heavy atom. The molecule has 1 heterocycles. The molecule has 0 saturated heterocycles. The van der Waals surface area contributed by atoms with Crippen LogP contribution in [0.2, 0.25) is 0 Å². The van der Waals surface area contributed by atoms with Gasteiger partial charge in [0.05, 0.1) is 25.2 Å². The standard InChI is InChI=1S/C12H14FN3O3/c1-3-4-8-9(13)5-14-6-10(8)16-11(17)7-15-12(18)19-2/h3,5-6H,1,4,7H2,2H3,(H,15,18)(H,16,17). The summed E-state index contributed by atoms with van der Waals surface area (Å²) in [7, 11) is 1.19. The Balaban J connectivity index is 2.71. The first-order chi connectivity index (χ1) is 9.08. The second-order valence-electron chi connectivity index (χ2n) is 3.53. The Bertz CT molecular complexity index is 491.